The monoisotopic (exact) mass is 617 g/mol. The molecule has 6 aliphatic rings. The fourth-order valence-corrected chi connectivity index (χ4v) is 8.57. The number of ketones is 1. The Kier molecular flexibility index (Phi) is 7.58. The molecule has 13 heteroatoms. The van der Waals surface area contributed by atoms with E-state index in [1.807, 2.05) is 6.92 Å². The Morgan fingerprint density at radius 1 is 1.14 bits per heavy atom. The summed E-state index contributed by atoms with van der Waals surface area (Å²) in [6.45, 7) is 3.34. The lowest BCUT2D eigenvalue weighted by Crippen LogP contribution is -2.60. The number of benzene rings is 1. The van der Waals surface area contributed by atoms with Gasteiger partial charge in [0.05, 0.1) is 25.4 Å². The van der Waals surface area contributed by atoms with E-state index in [1.54, 1.807) is 6.08 Å². The van der Waals surface area contributed by atoms with E-state index in [1.165, 1.54) is 12.1 Å². The fraction of sp³-hybridized carbons (Fsp3) is 0.645. The molecule has 240 valence electrons. The van der Waals surface area contributed by atoms with Crippen molar-refractivity contribution >= 4 is 23.3 Å². The predicted octanol–water partition coefficient (Wildman–Crippen LogP) is 0.795. The van der Waals surface area contributed by atoms with Crippen molar-refractivity contribution < 1.29 is 58.9 Å². The maximum atomic E-state index is 13.4. The summed E-state index contributed by atoms with van der Waals surface area (Å²) in [6, 6.07) is 2.40. The van der Waals surface area contributed by atoms with E-state index in [0.29, 0.717) is 5.92 Å². The highest BCUT2D eigenvalue weighted by Crippen LogP contribution is 2.71. The quantitative estimate of drug-likeness (QED) is 0.177. The summed E-state index contributed by atoms with van der Waals surface area (Å²) in [5.41, 5.74) is -1.82. The van der Waals surface area contributed by atoms with Crippen molar-refractivity contribution in [2.24, 2.45) is 22.7 Å². The number of aliphatic hydroxyl groups excluding tert-OH is 4. The Balaban J connectivity index is 1.23. The van der Waals surface area contributed by atoms with E-state index in [4.69, 9.17) is 18.9 Å². The molecule has 5 fully saturated rings. The number of phenols is 1. The summed E-state index contributed by atoms with van der Waals surface area (Å²) in [5.74, 6) is -2.09. The Bertz CT molecular complexity index is 1400. The lowest BCUT2D eigenvalue weighted by molar-refractivity contribution is -0.277. The third kappa shape index (κ3) is 4.63. The van der Waals surface area contributed by atoms with Crippen molar-refractivity contribution in [1.82, 2.24) is 0 Å². The molecule has 1 aromatic rings. The number of esters is 1. The van der Waals surface area contributed by atoms with Crippen LogP contribution in [-0.4, -0.2) is 99.3 Å². The first-order chi connectivity index (χ1) is 20.8. The standard InChI is InChI=1S/C31H39NO12/c1-29(19(34)6-9-31-11-14-10-17(26(29)31)44-30(14,2)13-31)8-7-20(35)32-21-16(5-4-15(22(21)36)27(40)41-3)42-28-25(39)24(38)23(37)18(12-33)43-28/h4-6,9,14,17-18,23-26,28,33,36-39H,7-8,10-13H2,1-3H3,(H,32,35)/t14-,17+,18+,23+,24-,25+,26+,28+,29-,30+,31+/m1/s1. The molecule has 4 bridgehead atoms. The maximum Gasteiger partial charge on any atom is 0.341 e. The summed E-state index contributed by atoms with van der Waals surface area (Å²) >= 11 is 0. The van der Waals surface area contributed by atoms with Crippen molar-refractivity contribution in [3.63, 3.8) is 0 Å². The van der Waals surface area contributed by atoms with Crippen LogP contribution >= 0.6 is 0 Å². The number of ether oxygens (including phenoxy) is 4. The molecule has 1 aromatic carbocycles. The van der Waals surface area contributed by atoms with Gasteiger partial charge in [-0.1, -0.05) is 13.0 Å². The number of hydrogen-bond donors (Lipinski definition) is 6. The van der Waals surface area contributed by atoms with Crippen LogP contribution in [0, 0.1) is 22.7 Å². The van der Waals surface area contributed by atoms with Gasteiger partial charge >= 0.3 is 5.97 Å². The number of rotatable bonds is 8. The first-order valence-electron chi connectivity index (χ1n) is 14.9. The van der Waals surface area contributed by atoms with Gasteiger partial charge in [0.2, 0.25) is 12.2 Å². The van der Waals surface area contributed by atoms with E-state index < -0.39 is 60.4 Å². The van der Waals surface area contributed by atoms with Gasteiger partial charge in [0, 0.05) is 17.8 Å². The fourth-order valence-electron chi connectivity index (χ4n) is 8.57. The number of nitrogens with one attached hydrogen (secondary N) is 1. The van der Waals surface area contributed by atoms with Crippen LogP contribution in [0.25, 0.3) is 0 Å². The SMILES string of the molecule is COC(=O)c1ccc(O[C@H]2O[C@@H](CO)[C@H](O)[C@@H](O)[C@@H]2O)c(NC(=O)CC[C@]2(C)C(=O)C=C[C@]34C[C@H]5C[C@H](O[C@@]5(C)C3)[C@H]42)c1O. The molecule has 3 aliphatic heterocycles. The van der Waals surface area contributed by atoms with E-state index in [9.17, 15) is 39.9 Å². The average Bonchev–Trinajstić information content (AvgIpc) is 3.36. The maximum absolute atomic E-state index is 13.4. The number of phenolic OH excluding ortho intramolecular Hbond substituents is 1. The second kappa shape index (κ2) is 10.8. The molecule has 3 saturated heterocycles. The lowest BCUT2D eigenvalue weighted by Gasteiger charge is -2.55. The van der Waals surface area contributed by atoms with Crippen LogP contribution < -0.4 is 10.1 Å². The van der Waals surface area contributed by atoms with Crippen LogP contribution in [0.1, 0.15) is 56.3 Å². The number of carbonyl (C=O) groups excluding carboxylic acids is 3. The highest BCUT2D eigenvalue weighted by molar-refractivity contribution is 6.01. The molecular weight excluding hydrogens is 578 g/mol. The molecule has 3 heterocycles. The Labute approximate surface area is 253 Å². The van der Waals surface area contributed by atoms with Crippen LogP contribution in [0.2, 0.25) is 0 Å². The van der Waals surface area contributed by atoms with Gasteiger partial charge in [-0.3, -0.25) is 9.59 Å². The molecule has 6 N–H and O–H groups in total. The normalized spacial score (nSPS) is 41.8. The summed E-state index contributed by atoms with van der Waals surface area (Å²) < 4.78 is 22.3. The van der Waals surface area contributed by atoms with Crippen molar-refractivity contribution in [1.29, 1.82) is 0 Å². The molecule has 1 spiro atoms. The second-order valence-electron chi connectivity index (χ2n) is 13.3. The number of aromatic hydroxyl groups is 1. The summed E-state index contributed by atoms with van der Waals surface area (Å²) in [5, 5.41) is 53.8. The number of anilines is 1. The van der Waals surface area contributed by atoms with Gasteiger partial charge in [-0.15, -0.1) is 0 Å². The van der Waals surface area contributed by atoms with Crippen molar-refractivity contribution in [2.75, 3.05) is 19.0 Å². The van der Waals surface area contributed by atoms with Gasteiger partial charge in [0.1, 0.15) is 41.4 Å². The minimum absolute atomic E-state index is 0.0642. The summed E-state index contributed by atoms with van der Waals surface area (Å²) in [4.78, 5) is 39.1. The average molecular weight is 618 g/mol. The molecule has 0 radical (unpaired) electrons. The Morgan fingerprint density at radius 2 is 1.89 bits per heavy atom. The molecule has 0 unspecified atom stereocenters. The topological polar surface area (TPSA) is 201 Å². The van der Waals surface area contributed by atoms with Crippen molar-refractivity contribution in [3.8, 4) is 11.5 Å². The number of aliphatic hydroxyl groups is 4. The highest BCUT2D eigenvalue weighted by Gasteiger charge is 2.71. The van der Waals surface area contributed by atoms with Gasteiger partial charge in [0.25, 0.3) is 0 Å². The third-order valence-electron chi connectivity index (χ3n) is 10.7. The molecule has 11 atom stereocenters. The van der Waals surface area contributed by atoms with Gasteiger partial charge in [0.15, 0.2) is 11.5 Å². The van der Waals surface area contributed by atoms with E-state index in [0.717, 1.165) is 26.4 Å². The van der Waals surface area contributed by atoms with Crippen LogP contribution in [0.5, 0.6) is 11.5 Å². The van der Waals surface area contributed by atoms with E-state index in [2.05, 4.69) is 18.3 Å². The summed E-state index contributed by atoms with van der Waals surface area (Å²) in [6.07, 6.45) is -1.60. The van der Waals surface area contributed by atoms with Crippen LogP contribution in [0.3, 0.4) is 0 Å². The number of amides is 1. The Hall–Kier alpha value is -3.07. The number of allylic oxidation sites excluding steroid dienone is 2. The summed E-state index contributed by atoms with van der Waals surface area (Å²) in [7, 11) is 1.12. The second-order valence-corrected chi connectivity index (χ2v) is 13.3. The molecular formula is C31H39NO12. The third-order valence-corrected chi connectivity index (χ3v) is 10.7. The number of hydrogen-bond acceptors (Lipinski definition) is 12. The van der Waals surface area contributed by atoms with Crippen LogP contribution in [-0.2, 0) is 23.8 Å². The minimum atomic E-state index is -1.77. The van der Waals surface area contributed by atoms with Gasteiger partial charge in [-0.2, -0.15) is 0 Å². The molecule has 3 aliphatic carbocycles. The van der Waals surface area contributed by atoms with Crippen molar-refractivity contribution in [3.05, 3.63) is 29.8 Å². The van der Waals surface area contributed by atoms with Gasteiger partial charge in [-0.25, -0.2) is 4.79 Å². The zero-order chi connectivity index (χ0) is 31.8. The lowest BCUT2D eigenvalue weighted by atomic mass is 9.51. The zero-order valence-corrected chi connectivity index (χ0v) is 24.8. The van der Waals surface area contributed by atoms with E-state index in [-0.39, 0.29) is 58.7 Å². The molecule has 7 rings (SSSR count). The van der Waals surface area contributed by atoms with Crippen LogP contribution in [0.15, 0.2) is 24.3 Å². The largest absolute Gasteiger partial charge is 0.505 e. The molecule has 13 nitrogen and oxygen atoms in total. The Morgan fingerprint density at radius 3 is 2.57 bits per heavy atom. The zero-order valence-electron chi connectivity index (χ0n) is 24.8. The molecule has 2 saturated carbocycles. The van der Waals surface area contributed by atoms with Crippen molar-refractivity contribution in [2.45, 2.75) is 88.4 Å². The predicted molar refractivity (Wildman–Crippen MR) is 151 cm³/mol. The van der Waals surface area contributed by atoms with E-state index >= 15 is 0 Å². The van der Waals surface area contributed by atoms with Gasteiger partial charge in [-0.05, 0) is 62.1 Å². The first kappa shape index (κ1) is 30.9. The van der Waals surface area contributed by atoms with Crippen LogP contribution in [0.4, 0.5) is 5.69 Å². The molecule has 44 heavy (non-hydrogen) atoms. The number of methoxy groups -OCH3 is 1. The smallest absolute Gasteiger partial charge is 0.341 e. The molecule has 0 aromatic heterocycles. The minimum Gasteiger partial charge on any atom is -0.505 e. The first-order valence-corrected chi connectivity index (χ1v) is 14.9. The van der Waals surface area contributed by atoms with Gasteiger partial charge < -0.3 is 49.8 Å². The highest BCUT2D eigenvalue weighted by atomic mass is 16.7. The number of carbonyl (C=O) groups is 3. The molecule has 1 amide bonds.